The van der Waals surface area contributed by atoms with E-state index in [-0.39, 0.29) is 42.9 Å². The highest BCUT2D eigenvalue weighted by Crippen LogP contribution is 2.38. The molecule has 17 heteroatoms. The number of likely N-dealkylation sites (tertiary alicyclic amines) is 2. The number of methoxy groups -OCH3 is 2. The lowest BCUT2D eigenvalue weighted by molar-refractivity contribution is -0.139. The van der Waals surface area contributed by atoms with E-state index in [1.165, 1.54) is 14.2 Å². The van der Waals surface area contributed by atoms with Gasteiger partial charge in [-0.1, -0.05) is 88.9 Å². The summed E-state index contributed by atoms with van der Waals surface area (Å²) < 4.78 is 40.2. The molecular weight excluding hydrogens is 803 g/mol. The number of aromatic nitrogens is 2. The molecule has 3 aromatic rings. The number of nitroso groups, excluding NO2 is 1. The molecule has 6 atom stereocenters. The second-order valence-corrected chi connectivity index (χ2v) is 16.6. The van der Waals surface area contributed by atoms with Crippen LogP contribution in [0.3, 0.4) is 0 Å². The van der Waals surface area contributed by atoms with Gasteiger partial charge < -0.3 is 40.0 Å². The first-order valence-corrected chi connectivity index (χ1v) is 20.9. The fourth-order valence-electron chi connectivity index (χ4n) is 8.62. The molecular formula is C45H60F2N8O7. The van der Waals surface area contributed by atoms with Crippen molar-refractivity contribution in [2.45, 2.75) is 97.2 Å². The molecule has 0 saturated carbocycles. The molecule has 4 N–H and O–H groups in total. The lowest BCUT2D eigenvalue weighted by atomic mass is 9.90. The van der Waals surface area contributed by atoms with Crippen molar-refractivity contribution in [2.75, 3.05) is 33.9 Å². The lowest BCUT2D eigenvalue weighted by Crippen LogP contribution is -2.63. The number of allylic oxidation sites excluding steroid dienone is 1. The van der Waals surface area contributed by atoms with Gasteiger partial charge in [0.25, 0.3) is 0 Å². The number of ether oxygens (including phenoxy) is 3. The van der Waals surface area contributed by atoms with Gasteiger partial charge in [-0.25, -0.2) is 14.6 Å². The Labute approximate surface area is 362 Å². The average molecular weight is 863 g/mol. The largest absolute Gasteiger partial charge is 0.453 e. The highest BCUT2D eigenvalue weighted by atomic mass is 19.3. The van der Waals surface area contributed by atoms with Crippen LogP contribution in [0.5, 0.6) is 0 Å². The van der Waals surface area contributed by atoms with Gasteiger partial charge in [0.2, 0.25) is 5.91 Å². The number of imidazole rings is 1. The summed E-state index contributed by atoms with van der Waals surface area (Å²) in [6.07, 6.45) is 4.22. The third kappa shape index (κ3) is 10.8. The molecule has 3 amide bonds. The number of carbonyl (C=O) groups excluding carboxylic acids is 3. The summed E-state index contributed by atoms with van der Waals surface area (Å²) in [6.45, 7) is 13.1. The van der Waals surface area contributed by atoms with Crippen molar-refractivity contribution in [3.05, 3.63) is 89.4 Å². The molecule has 15 nitrogen and oxygen atoms in total. The summed E-state index contributed by atoms with van der Waals surface area (Å²) in [5, 5.41) is 12.5. The van der Waals surface area contributed by atoms with Crippen molar-refractivity contribution >= 4 is 23.8 Å². The molecule has 2 aliphatic rings. The summed E-state index contributed by atoms with van der Waals surface area (Å²) >= 11 is 0. The van der Waals surface area contributed by atoms with E-state index in [9.17, 15) is 28.1 Å². The standard InChI is InChI=1S/C45H60F2N8O7/c1-10-34(49-28(6)36-12-11-21-55(36)45(7,53-59)39(27(4)5)52-44(58)61-9)32-17-13-30(14-18-32)31-15-19-33(20-16-31)35-23-48-40(50-35)37-22-29(25-62-42(46)47)24-54(37)41(56)38(26(2)3)51-43(57)60-8/h10,13-20,23,26-27,29,36-39,42,49H,6,11-12,21-22,24-25H2,1-5,7-9H3,(H,48,50)(H,51,57)(H,52,58)/b34-10-/t29-,36-,37-,38-,39-,45?/m0/s1. The number of hydrogen-bond donors (Lipinski definition) is 4. The van der Waals surface area contributed by atoms with E-state index in [0.29, 0.717) is 24.5 Å². The van der Waals surface area contributed by atoms with Crippen molar-refractivity contribution in [3.8, 4) is 22.4 Å². The van der Waals surface area contributed by atoms with Gasteiger partial charge in [-0.3, -0.25) is 9.69 Å². The van der Waals surface area contributed by atoms with Crippen LogP contribution >= 0.6 is 0 Å². The van der Waals surface area contributed by atoms with Crippen LogP contribution in [-0.4, -0.2) is 102 Å². The van der Waals surface area contributed by atoms with Crippen LogP contribution in [0.25, 0.3) is 28.1 Å². The number of benzene rings is 2. The van der Waals surface area contributed by atoms with Crippen LogP contribution in [0.15, 0.2) is 78.3 Å². The summed E-state index contributed by atoms with van der Waals surface area (Å²) in [4.78, 5) is 62.3. The third-order valence-corrected chi connectivity index (χ3v) is 11.9. The van der Waals surface area contributed by atoms with Gasteiger partial charge >= 0.3 is 18.8 Å². The van der Waals surface area contributed by atoms with Crippen LogP contribution < -0.4 is 16.0 Å². The Hall–Kier alpha value is -5.68. The molecule has 2 saturated heterocycles. The summed E-state index contributed by atoms with van der Waals surface area (Å²) in [7, 11) is 2.51. The van der Waals surface area contributed by atoms with E-state index < -0.39 is 42.6 Å². The number of H-pyrrole nitrogens is 1. The van der Waals surface area contributed by atoms with Crippen LogP contribution in [0, 0.1) is 22.7 Å². The number of hydrogen-bond acceptors (Lipinski definition) is 11. The molecule has 0 bridgehead atoms. The van der Waals surface area contributed by atoms with Gasteiger partial charge in [0.1, 0.15) is 11.9 Å². The fraction of sp³-hybridized carbons (Fsp3) is 0.511. The molecule has 0 aliphatic carbocycles. The minimum atomic E-state index is -2.93. The highest BCUT2D eigenvalue weighted by Gasteiger charge is 2.49. The first-order valence-electron chi connectivity index (χ1n) is 20.9. The first kappa shape index (κ1) is 47.4. The lowest BCUT2D eigenvalue weighted by Gasteiger charge is -2.44. The number of amides is 3. The van der Waals surface area contributed by atoms with E-state index in [1.54, 1.807) is 31.9 Å². The summed E-state index contributed by atoms with van der Waals surface area (Å²) in [6, 6.07) is 13.8. The second kappa shape index (κ2) is 20.9. The van der Waals surface area contributed by atoms with Crippen molar-refractivity contribution in [1.82, 2.24) is 35.7 Å². The zero-order chi connectivity index (χ0) is 45.3. The number of halogens is 2. The SMILES string of the molecule is C=C(N/C(=C\C)c1ccc(-c2ccc(-c3cnc([C@@H]4C[C@H](COC(F)F)CN4C(=O)[C@@H](NC(=O)OC)C(C)C)[nH]3)cc2)cc1)[C@@H]1CCCN1C(C)(N=O)[C@@H](NC(=O)OC)C(C)C. The number of aromatic amines is 1. The Morgan fingerprint density at radius 3 is 2.16 bits per heavy atom. The average Bonchev–Trinajstić information content (AvgIpc) is 4.06. The van der Waals surface area contributed by atoms with Crippen molar-refractivity contribution in [2.24, 2.45) is 22.9 Å². The van der Waals surface area contributed by atoms with Gasteiger partial charge in [-0.15, -0.1) is 4.91 Å². The minimum Gasteiger partial charge on any atom is -0.453 e. The molecule has 2 aliphatic heterocycles. The molecule has 1 unspecified atom stereocenters. The van der Waals surface area contributed by atoms with Crippen LogP contribution in [0.1, 0.15) is 78.2 Å². The van der Waals surface area contributed by atoms with Crippen LogP contribution in [0.2, 0.25) is 0 Å². The fourth-order valence-corrected chi connectivity index (χ4v) is 8.62. The van der Waals surface area contributed by atoms with Gasteiger partial charge in [0.05, 0.1) is 50.8 Å². The number of alkyl carbamates (subject to hydrolysis) is 2. The molecule has 3 heterocycles. The Morgan fingerprint density at radius 1 is 0.984 bits per heavy atom. The predicted octanol–water partition coefficient (Wildman–Crippen LogP) is 8.04. The van der Waals surface area contributed by atoms with Crippen molar-refractivity contribution in [1.29, 1.82) is 0 Å². The Kier molecular flexibility index (Phi) is 16.0. The molecule has 2 aromatic carbocycles. The topological polar surface area (TPSA) is 180 Å². The van der Waals surface area contributed by atoms with E-state index >= 15 is 0 Å². The number of alkyl halides is 2. The third-order valence-electron chi connectivity index (χ3n) is 11.9. The molecule has 1 aromatic heterocycles. The first-order chi connectivity index (χ1) is 29.5. The minimum absolute atomic E-state index is 0.104. The molecule has 336 valence electrons. The van der Waals surface area contributed by atoms with Gasteiger partial charge in [0, 0.05) is 30.4 Å². The zero-order valence-electron chi connectivity index (χ0n) is 36.7. The molecule has 5 rings (SSSR count). The molecule has 2 fully saturated rings. The molecule has 62 heavy (non-hydrogen) atoms. The van der Waals surface area contributed by atoms with E-state index in [1.807, 2.05) is 80.3 Å². The van der Waals surface area contributed by atoms with Crippen LogP contribution in [0.4, 0.5) is 18.4 Å². The zero-order valence-corrected chi connectivity index (χ0v) is 36.7. The quantitative estimate of drug-likeness (QED) is 0.0915. The van der Waals surface area contributed by atoms with Gasteiger partial charge in [0.15, 0.2) is 5.66 Å². The van der Waals surface area contributed by atoms with Gasteiger partial charge in [-0.2, -0.15) is 8.78 Å². The van der Waals surface area contributed by atoms with Gasteiger partial charge in [-0.05, 0) is 72.4 Å². The maximum Gasteiger partial charge on any atom is 0.407 e. The number of rotatable bonds is 18. The monoisotopic (exact) mass is 862 g/mol. The Morgan fingerprint density at radius 2 is 1.60 bits per heavy atom. The predicted molar refractivity (Wildman–Crippen MR) is 232 cm³/mol. The number of nitrogens with zero attached hydrogens (tertiary/aromatic N) is 4. The second-order valence-electron chi connectivity index (χ2n) is 16.6. The Bertz CT molecular complexity index is 2060. The molecule has 0 radical (unpaired) electrons. The van der Waals surface area contributed by atoms with E-state index in [4.69, 9.17) is 9.47 Å². The number of carbonyl (C=O) groups is 3. The maximum atomic E-state index is 13.8. The maximum absolute atomic E-state index is 13.8. The van der Waals surface area contributed by atoms with E-state index in [2.05, 4.69) is 42.4 Å². The normalized spacial score (nSPS) is 20.2. The summed E-state index contributed by atoms with van der Waals surface area (Å²) in [5.74, 6) is -0.624. The van der Waals surface area contributed by atoms with E-state index in [0.717, 1.165) is 46.5 Å². The Balaban J connectivity index is 1.28. The smallest absolute Gasteiger partial charge is 0.407 e. The highest BCUT2D eigenvalue weighted by molar-refractivity contribution is 5.86. The molecule has 0 spiro atoms. The summed E-state index contributed by atoms with van der Waals surface area (Å²) in [5.41, 5.74) is 4.80. The van der Waals surface area contributed by atoms with Crippen molar-refractivity contribution < 1.29 is 37.4 Å². The van der Waals surface area contributed by atoms with Crippen LogP contribution in [-0.2, 0) is 19.0 Å². The van der Waals surface area contributed by atoms with Crippen molar-refractivity contribution in [3.63, 3.8) is 0 Å². The number of nitrogens with one attached hydrogen (secondary N) is 4.